The van der Waals surface area contributed by atoms with E-state index in [1.807, 2.05) is 0 Å². The first-order valence-corrected chi connectivity index (χ1v) is 16.0. The molecule has 2 amide bonds. The van der Waals surface area contributed by atoms with Crippen LogP contribution in [0.25, 0.3) is 0 Å². The van der Waals surface area contributed by atoms with Crippen molar-refractivity contribution in [3.05, 3.63) is 0 Å². The SMILES string of the molecule is CCN(C1CCOCC1)C1CC(C2CCC(CN(C)C)NC2)CC(C(=O)NCC2C(=O)NC(C)CC2C)C1C. The molecule has 4 aliphatic rings. The number of rotatable bonds is 9. The van der Waals surface area contributed by atoms with Crippen LogP contribution in [0, 0.1) is 35.5 Å². The second-order valence-electron chi connectivity index (χ2n) is 13.6. The molecule has 0 aromatic rings. The Kier molecular flexibility index (Phi) is 11.1. The molecular formula is C31H57N5O3. The summed E-state index contributed by atoms with van der Waals surface area (Å²) in [4.78, 5) is 31.5. The van der Waals surface area contributed by atoms with Crippen molar-refractivity contribution in [1.29, 1.82) is 0 Å². The van der Waals surface area contributed by atoms with E-state index in [9.17, 15) is 9.59 Å². The van der Waals surface area contributed by atoms with Gasteiger partial charge in [0, 0.05) is 56.4 Å². The highest BCUT2D eigenvalue weighted by molar-refractivity contribution is 5.83. The molecule has 3 heterocycles. The van der Waals surface area contributed by atoms with Gasteiger partial charge >= 0.3 is 0 Å². The van der Waals surface area contributed by atoms with Crippen LogP contribution >= 0.6 is 0 Å². The lowest BCUT2D eigenvalue weighted by Gasteiger charge is -2.50. The average Bonchev–Trinajstić information content (AvgIpc) is 2.90. The van der Waals surface area contributed by atoms with Gasteiger partial charge in [-0.3, -0.25) is 14.5 Å². The number of carbonyl (C=O) groups excluding carboxylic acids is 2. The number of hydrogen-bond acceptors (Lipinski definition) is 6. The van der Waals surface area contributed by atoms with Crippen molar-refractivity contribution < 1.29 is 14.3 Å². The van der Waals surface area contributed by atoms with Crippen molar-refractivity contribution in [2.24, 2.45) is 35.5 Å². The fraction of sp³-hybridized carbons (Fsp3) is 0.935. The Balaban J connectivity index is 1.46. The standard InChI is InChI=1S/C31H57N5O3/c1-7-36(26-10-12-39-13-11-26)29-16-24(23-8-9-25(32-17-23)19-35(5)6)15-27(22(29)4)30(37)33-18-28-20(2)14-21(3)34-31(28)38/h20-29,32H,7-19H2,1-6H3,(H,33,37)(H,34,38). The maximum atomic E-state index is 13.9. The van der Waals surface area contributed by atoms with Crippen LogP contribution in [0.3, 0.4) is 0 Å². The van der Waals surface area contributed by atoms with Crippen LogP contribution < -0.4 is 16.0 Å². The summed E-state index contributed by atoms with van der Waals surface area (Å²) in [5, 5.41) is 10.2. The molecule has 3 aliphatic heterocycles. The average molecular weight is 548 g/mol. The smallest absolute Gasteiger partial charge is 0.225 e. The van der Waals surface area contributed by atoms with E-state index in [1.54, 1.807) is 0 Å². The molecule has 0 spiro atoms. The van der Waals surface area contributed by atoms with Crippen LogP contribution in [0.5, 0.6) is 0 Å². The number of piperidine rings is 2. The largest absolute Gasteiger partial charge is 0.381 e. The molecule has 1 saturated carbocycles. The molecule has 1 aliphatic carbocycles. The lowest BCUT2D eigenvalue weighted by Crippen LogP contribution is -2.57. The molecule has 8 heteroatoms. The fourth-order valence-corrected chi connectivity index (χ4v) is 8.34. The number of nitrogens with one attached hydrogen (secondary N) is 3. The van der Waals surface area contributed by atoms with Crippen molar-refractivity contribution in [3.8, 4) is 0 Å². The minimum absolute atomic E-state index is 0.0111. The maximum absolute atomic E-state index is 13.9. The van der Waals surface area contributed by atoms with Gasteiger partial charge in [0.15, 0.2) is 0 Å². The van der Waals surface area contributed by atoms with E-state index in [4.69, 9.17) is 4.74 Å². The molecule has 3 N–H and O–H groups in total. The molecule has 4 rings (SSSR count). The van der Waals surface area contributed by atoms with Gasteiger partial charge in [0.1, 0.15) is 0 Å². The second-order valence-corrected chi connectivity index (χ2v) is 13.6. The third kappa shape index (κ3) is 7.75. The van der Waals surface area contributed by atoms with Crippen molar-refractivity contribution in [3.63, 3.8) is 0 Å². The van der Waals surface area contributed by atoms with Gasteiger partial charge in [-0.15, -0.1) is 0 Å². The first kappa shape index (κ1) is 30.7. The second kappa shape index (κ2) is 14.1. The molecule has 4 fully saturated rings. The van der Waals surface area contributed by atoms with Crippen LogP contribution in [-0.4, -0.2) is 99.3 Å². The predicted molar refractivity (Wildman–Crippen MR) is 156 cm³/mol. The zero-order chi connectivity index (χ0) is 28.1. The first-order valence-electron chi connectivity index (χ1n) is 16.0. The predicted octanol–water partition coefficient (Wildman–Crippen LogP) is 2.72. The monoisotopic (exact) mass is 547 g/mol. The molecule has 0 aromatic carbocycles. The normalized spacial score (nSPS) is 38.6. The number of amides is 2. The molecule has 0 radical (unpaired) electrons. The Morgan fingerprint density at radius 2 is 1.77 bits per heavy atom. The molecule has 3 saturated heterocycles. The number of likely N-dealkylation sites (N-methyl/N-ethyl adjacent to an activating group) is 1. The quantitative estimate of drug-likeness (QED) is 0.412. The van der Waals surface area contributed by atoms with E-state index in [-0.39, 0.29) is 35.6 Å². The van der Waals surface area contributed by atoms with Gasteiger partial charge in [0.25, 0.3) is 0 Å². The van der Waals surface area contributed by atoms with Crippen LogP contribution in [0.15, 0.2) is 0 Å². The Morgan fingerprint density at radius 1 is 1.03 bits per heavy atom. The van der Waals surface area contributed by atoms with Crippen LogP contribution in [0.4, 0.5) is 0 Å². The summed E-state index contributed by atoms with van der Waals surface area (Å²) < 4.78 is 5.70. The Morgan fingerprint density at radius 3 is 2.38 bits per heavy atom. The number of nitrogens with zero attached hydrogens (tertiary/aromatic N) is 2. The Bertz CT molecular complexity index is 795. The summed E-state index contributed by atoms with van der Waals surface area (Å²) in [5.74, 6) is 1.84. The fourth-order valence-electron chi connectivity index (χ4n) is 8.34. The molecule has 9 unspecified atom stereocenters. The van der Waals surface area contributed by atoms with Crippen molar-refractivity contribution in [2.75, 3.05) is 53.5 Å². The highest BCUT2D eigenvalue weighted by Crippen LogP contribution is 2.43. The lowest BCUT2D eigenvalue weighted by atomic mass is 9.65. The summed E-state index contributed by atoms with van der Waals surface area (Å²) in [6.45, 7) is 14.1. The number of ether oxygens (including phenoxy) is 1. The van der Waals surface area contributed by atoms with E-state index < -0.39 is 0 Å². The Labute approximate surface area is 237 Å². The summed E-state index contributed by atoms with van der Waals surface area (Å²) >= 11 is 0. The molecule has 224 valence electrons. The summed E-state index contributed by atoms with van der Waals surface area (Å²) in [5.41, 5.74) is 0. The molecule has 0 bridgehead atoms. The number of hydrogen-bond donors (Lipinski definition) is 3. The van der Waals surface area contributed by atoms with Crippen molar-refractivity contribution >= 4 is 11.8 Å². The molecule has 8 nitrogen and oxygen atoms in total. The maximum Gasteiger partial charge on any atom is 0.225 e. The van der Waals surface area contributed by atoms with E-state index in [0.717, 1.165) is 58.5 Å². The molecule has 39 heavy (non-hydrogen) atoms. The van der Waals surface area contributed by atoms with Crippen molar-refractivity contribution in [2.45, 2.75) is 96.8 Å². The molecule has 9 atom stereocenters. The van der Waals surface area contributed by atoms with Gasteiger partial charge in [-0.05, 0) is 103 Å². The zero-order valence-electron chi connectivity index (χ0n) is 25.6. The van der Waals surface area contributed by atoms with Crippen LogP contribution in [-0.2, 0) is 14.3 Å². The topological polar surface area (TPSA) is 85.9 Å². The summed E-state index contributed by atoms with van der Waals surface area (Å²) in [6, 6.07) is 1.73. The van der Waals surface area contributed by atoms with Gasteiger partial charge in [-0.2, -0.15) is 0 Å². The summed E-state index contributed by atoms with van der Waals surface area (Å²) in [6.07, 6.45) is 7.74. The van der Waals surface area contributed by atoms with E-state index in [0.29, 0.717) is 42.4 Å². The summed E-state index contributed by atoms with van der Waals surface area (Å²) in [7, 11) is 4.30. The number of carbonyl (C=O) groups is 2. The van der Waals surface area contributed by atoms with E-state index in [2.05, 4.69) is 67.5 Å². The lowest BCUT2D eigenvalue weighted by molar-refractivity contribution is -0.133. The van der Waals surface area contributed by atoms with Gasteiger partial charge in [-0.25, -0.2) is 0 Å². The van der Waals surface area contributed by atoms with Gasteiger partial charge in [0.2, 0.25) is 11.8 Å². The minimum Gasteiger partial charge on any atom is -0.381 e. The molecule has 0 aromatic heterocycles. The van der Waals surface area contributed by atoms with E-state index >= 15 is 0 Å². The highest BCUT2D eigenvalue weighted by Gasteiger charge is 2.45. The van der Waals surface area contributed by atoms with Gasteiger partial charge in [-0.1, -0.05) is 20.8 Å². The third-order valence-corrected chi connectivity index (χ3v) is 10.6. The van der Waals surface area contributed by atoms with Crippen molar-refractivity contribution in [1.82, 2.24) is 25.8 Å². The molecular weight excluding hydrogens is 490 g/mol. The Hall–Kier alpha value is -1.22. The zero-order valence-corrected chi connectivity index (χ0v) is 25.6. The van der Waals surface area contributed by atoms with Crippen LogP contribution in [0.2, 0.25) is 0 Å². The first-order chi connectivity index (χ1) is 18.7. The van der Waals surface area contributed by atoms with E-state index in [1.165, 1.54) is 19.3 Å². The van der Waals surface area contributed by atoms with Crippen LogP contribution in [0.1, 0.15) is 72.6 Å². The third-order valence-electron chi connectivity index (χ3n) is 10.6. The van der Waals surface area contributed by atoms with Gasteiger partial charge < -0.3 is 25.6 Å². The minimum atomic E-state index is -0.138. The van der Waals surface area contributed by atoms with Gasteiger partial charge in [0.05, 0.1) is 5.92 Å². The highest BCUT2D eigenvalue weighted by atomic mass is 16.5.